The van der Waals surface area contributed by atoms with Crippen LogP contribution in [0.1, 0.15) is 209 Å². The summed E-state index contributed by atoms with van der Waals surface area (Å²) in [6, 6.07) is -1.96. The normalized spacial score (nSPS) is 25.0. The molecule has 6 amide bonds. The molecule has 0 radical (unpaired) electrons. The molecular weight excluding hydrogens is 1360 g/mol. The standard InChI is InChI=1S/C71H127N7O25.CH4/c1-46(2)97-40-31-50(83)24-21-30-60(89)74-33-16-13-25-52(53(85)26-14-17-34-73-58(87)27-9-6-18-37-98-69-47(3)63(91)65(93)54(43-79)101-69)78(42-61(90)76-36-22-35-75-59(88)29-10-7-19-38-99-70-48(4)64(92)66(94)55(44-80)102-70)41-51(84)23-12-15-32-72-57(86)28-11-8-20-39-100-71-62(77-49(5)82)68(96)67(95)56(45-81)103-71;/h46-48,52,54-56,62-71,79-81,91-96H,6-45H2,1-5H3,(H,72,86)(H,73,87)(H,74,89)(H,75,88)(H,76,90)(H,77,82);1H4/t47?,48?,52?,54?,55?,56?,62?,63-,64-,65+,66+,67+,68-,69-,70-,71-;/m1./s1. The summed E-state index contributed by atoms with van der Waals surface area (Å²) in [5.41, 5.74) is 0. The van der Waals surface area contributed by atoms with Gasteiger partial charge in [0.05, 0.1) is 63.9 Å². The molecule has 0 aromatic heterocycles. The summed E-state index contributed by atoms with van der Waals surface area (Å²) in [4.78, 5) is 119. The largest absolute Gasteiger partial charge is 0.394 e. The fourth-order valence-corrected chi connectivity index (χ4v) is 12.2. The fourth-order valence-electron chi connectivity index (χ4n) is 12.2. The second-order valence-electron chi connectivity index (χ2n) is 27.6. The molecule has 3 heterocycles. The summed E-state index contributed by atoms with van der Waals surface area (Å²) in [6.07, 6.45) is -3.00. The van der Waals surface area contributed by atoms with Crippen LogP contribution in [0.15, 0.2) is 0 Å². The number of Topliss-reactive ketones (excluding diaryl/α,β-unsaturated/α-hetero) is 3. The van der Waals surface area contributed by atoms with E-state index in [1.807, 2.05) is 13.8 Å². The van der Waals surface area contributed by atoms with Crippen LogP contribution in [0.2, 0.25) is 0 Å². The molecule has 0 aliphatic carbocycles. The third-order valence-electron chi connectivity index (χ3n) is 18.4. The molecule has 3 rings (SSSR count). The lowest BCUT2D eigenvalue weighted by atomic mass is 9.92. The summed E-state index contributed by atoms with van der Waals surface area (Å²) in [7, 11) is 0. The van der Waals surface area contributed by atoms with Crippen LogP contribution in [0.3, 0.4) is 0 Å². The molecule has 0 aromatic rings. The van der Waals surface area contributed by atoms with Crippen LogP contribution in [0, 0.1) is 11.8 Å². The van der Waals surface area contributed by atoms with Gasteiger partial charge in [0.1, 0.15) is 66.1 Å². The molecule has 32 heteroatoms. The highest BCUT2D eigenvalue weighted by atomic mass is 16.7. The lowest BCUT2D eigenvalue weighted by Gasteiger charge is -2.42. The van der Waals surface area contributed by atoms with Crippen LogP contribution in [0.4, 0.5) is 0 Å². The summed E-state index contributed by atoms with van der Waals surface area (Å²) < 4.78 is 39.6. The molecule has 3 fully saturated rings. The van der Waals surface area contributed by atoms with Gasteiger partial charge in [0.25, 0.3) is 0 Å². The van der Waals surface area contributed by atoms with Crippen LogP contribution >= 0.6 is 0 Å². The quantitative estimate of drug-likeness (QED) is 0.0364. The Morgan fingerprint density at radius 2 is 0.788 bits per heavy atom. The summed E-state index contributed by atoms with van der Waals surface area (Å²) in [5, 5.41) is 107. The van der Waals surface area contributed by atoms with Crippen molar-refractivity contribution >= 4 is 52.8 Å². The third-order valence-corrected chi connectivity index (χ3v) is 18.4. The van der Waals surface area contributed by atoms with Gasteiger partial charge in [0, 0.05) is 123 Å². The van der Waals surface area contributed by atoms with E-state index >= 15 is 0 Å². The predicted molar refractivity (Wildman–Crippen MR) is 380 cm³/mol. The number of carbonyl (C=O) groups excluding carboxylic acids is 9. The van der Waals surface area contributed by atoms with Crippen molar-refractivity contribution in [1.82, 2.24) is 36.8 Å². The number of rotatable bonds is 58. The summed E-state index contributed by atoms with van der Waals surface area (Å²) in [6.45, 7) is 8.61. The number of nitrogens with one attached hydrogen (secondary N) is 6. The van der Waals surface area contributed by atoms with Crippen molar-refractivity contribution in [1.29, 1.82) is 0 Å². The smallest absolute Gasteiger partial charge is 0.234 e. The van der Waals surface area contributed by atoms with Gasteiger partial charge in [-0.25, -0.2) is 0 Å². The number of nitrogens with zero attached hydrogens (tertiary/aromatic N) is 1. The molecule has 0 spiro atoms. The van der Waals surface area contributed by atoms with E-state index < -0.39 is 129 Å². The van der Waals surface area contributed by atoms with Gasteiger partial charge in [-0.1, -0.05) is 40.5 Å². The first-order chi connectivity index (χ1) is 49.3. The van der Waals surface area contributed by atoms with Crippen LogP contribution in [0.5, 0.6) is 0 Å². The maximum atomic E-state index is 14.5. The van der Waals surface area contributed by atoms with Crippen molar-refractivity contribution in [3.05, 3.63) is 0 Å². The molecule has 0 aromatic carbocycles. The van der Waals surface area contributed by atoms with E-state index in [0.717, 1.165) is 0 Å². The number of ether oxygens (including phenoxy) is 7. The van der Waals surface area contributed by atoms with Crippen LogP contribution in [0.25, 0.3) is 0 Å². The molecular formula is C72H131N7O25. The maximum absolute atomic E-state index is 14.5. The first-order valence-electron chi connectivity index (χ1n) is 37.6. The van der Waals surface area contributed by atoms with E-state index in [4.69, 9.17) is 33.2 Å². The van der Waals surface area contributed by atoms with Crippen LogP contribution in [-0.2, 0) is 76.3 Å². The highest BCUT2D eigenvalue weighted by molar-refractivity contribution is 5.88. The van der Waals surface area contributed by atoms with Crippen molar-refractivity contribution in [3.8, 4) is 0 Å². The van der Waals surface area contributed by atoms with Gasteiger partial charge in [-0.2, -0.15) is 0 Å². The Balaban J connectivity index is 0.0000367. The number of ketones is 3. The highest BCUT2D eigenvalue weighted by Crippen LogP contribution is 2.29. The predicted octanol–water partition coefficient (Wildman–Crippen LogP) is 0.293. The Morgan fingerprint density at radius 3 is 1.24 bits per heavy atom. The van der Waals surface area contributed by atoms with Crippen molar-refractivity contribution < 1.29 is 122 Å². The molecule has 3 saturated heterocycles. The first kappa shape index (κ1) is 95.2. The van der Waals surface area contributed by atoms with Gasteiger partial charge < -0.3 is 111 Å². The number of amides is 6. The molecule has 604 valence electrons. The van der Waals surface area contributed by atoms with Crippen molar-refractivity contribution in [2.45, 2.75) is 301 Å². The van der Waals surface area contributed by atoms with Gasteiger partial charge >= 0.3 is 0 Å². The second-order valence-corrected chi connectivity index (χ2v) is 27.6. The van der Waals surface area contributed by atoms with Gasteiger partial charge in [-0.3, -0.25) is 48.1 Å². The SMILES string of the molecule is C.CC(=O)NC1[C@H](OCCCCCC(=O)NCCCCC(=O)CN(CC(=O)NCCCNC(=O)CCCCCO[C@@H]2OC(CO)[C@H](O)[C@H](O)C2C)C(CCCCNC(=O)CCCC(=O)CCOC(C)C)C(=O)CCCCNC(=O)CCCCCO[C@@H]2OC(CO)[C@H](O)[C@H](O)C2C)OC(CO)[C@H](O)[C@@H]1O. The topological polar surface area (TPSA) is 476 Å². The highest BCUT2D eigenvalue weighted by Gasteiger charge is 2.46. The van der Waals surface area contributed by atoms with Crippen molar-refractivity contribution in [3.63, 3.8) is 0 Å². The zero-order valence-electron chi connectivity index (χ0n) is 61.6. The minimum Gasteiger partial charge on any atom is -0.394 e. The third kappa shape index (κ3) is 38.8. The monoisotopic (exact) mass is 1490 g/mol. The van der Waals surface area contributed by atoms with E-state index in [2.05, 4.69) is 31.9 Å². The molecule has 3 aliphatic rings. The molecule has 16 atom stereocenters. The Labute approximate surface area is 614 Å². The fraction of sp³-hybridized carbons (Fsp3) is 0.875. The number of aliphatic hydroxyl groups is 9. The van der Waals surface area contributed by atoms with Gasteiger partial charge in [0.15, 0.2) is 18.9 Å². The first-order valence-corrected chi connectivity index (χ1v) is 37.6. The molecule has 3 aliphatic heterocycles. The van der Waals surface area contributed by atoms with Crippen LogP contribution in [-0.4, -0.2) is 288 Å². The lowest BCUT2D eigenvalue weighted by molar-refractivity contribution is -0.282. The van der Waals surface area contributed by atoms with Crippen LogP contribution < -0.4 is 31.9 Å². The minimum atomic E-state index is -1.44. The Hall–Kier alpha value is -4.85. The molecule has 32 nitrogen and oxygen atoms in total. The number of hydrogen-bond acceptors (Lipinski definition) is 26. The van der Waals surface area contributed by atoms with Crippen molar-refractivity contribution in [2.75, 3.05) is 92.1 Å². The average Bonchev–Trinajstić information content (AvgIpc) is 0.828. The summed E-state index contributed by atoms with van der Waals surface area (Å²) >= 11 is 0. The number of carbonyl (C=O) groups is 9. The molecule has 0 saturated carbocycles. The van der Waals surface area contributed by atoms with Gasteiger partial charge in [-0.05, 0) is 110 Å². The zero-order chi connectivity index (χ0) is 76.1. The van der Waals surface area contributed by atoms with Gasteiger partial charge in [-0.15, -0.1) is 0 Å². The Morgan fingerprint density at radius 1 is 0.404 bits per heavy atom. The average molecular weight is 1490 g/mol. The Kier molecular flexibility index (Phi) is 50.9. The summed E-state index contributed by atoms with van der Waals surface area (Å²) in [5.74, 6) is -3.19. The van der Waals surface area contributed by atoms with E-state index in [1.54, 1.807) is 18.7 Å². The number of hydrogen-bond donors (Lipinski definition) is 15. The zero-order valence-corrected chi connectivity index (χ0v) is 61.6. The Bertz CT molecular complexity index is 2440. The number of unbranched alkanes of at least 4 members (excludes halogenated alkanes) is 9. The van der Waals surface area contributed by atoms with E-state index in [0.29, 0.717) is 122 Å². The maximum Gasteiger partial charge on any atom is 0.234 e. The molecule has 0 bridgehead atoms. The molecule has 7 unspecified atom stereocenters. The minimum absolute atomic E-state index is 0. The van der Waals surface area contributed by atoms with Crippen molar-refractivity contribution in [2.24, 2.45) is 11.8 Å². The van der Waals surface area contributed by atoms with E-state index in [9.17, 15) is 89.1 Å². The second kappa shape index (κ2) is 55.5. The van der Waals surface area contributed by atoms with E-state index in [-0.39, 0.29) is 171 Å². The van der Waals surface area contributed by atoms with E-state index in [1.165, 1.54) is 6.92 Å². The molecule has 104 heavy (non-hydrogen) atoms. The molecule has 15 N–H and O–H groups in total. The van der Waals surface area contributed by atoms with Gasteiger partial charge in [0.2, 0.25) is 35.4 Å². The lowest BCUT2D eigenvalue weighted by Crippen LogP contribution is -2.64. The number of aliphatic hydroxyl groups excluding tert-OH is 9.